The first-order valence-corrected chi connectivity index (χ1v) is 8.45. The summed E-state index contributed by atoms with van der Waals surface area (Å²) in [4.78, 5) is 12.0. The molecule has 2 unspecified atom stereocenters. The number of ether oxygens (including phenoxy) is 1. The summed E-state index contributed by atoms with van der Waals surface area (Å²) in [5, 5.41) is 5.35. The van der Waals surface area contributed by atoms with Crippen LogP contribution in [0.2, 0.25) is 0 Å². The Morgan fingerprint density at radius 1 is 1.32 bits per heavy atom. The largest absolute Gasteiger partial charge is 0.374 e. The van der Waals surface area contributed by atoms with Gasteiger partial charge in [-0.1, -0.05) is 0 Å². The summed E-state index contributed by atoms with van der Waals surface area (Å²) < 4.78 is 32.1. The van der Waals surface area contributed by atoms with Gasteiger partial charge >= 0.3 is 6.03 Å². The van der Waals surface area contributed by atoms with E-state index in [4.69, 9.17) is 4.74 Å². The third-order valence-electron chi connectivity index (χ3n) is 4.02. The van der Waals surface area contributed by atoms with Crippen LogP contribution in [0.1, 0.15) is 19.3 Å². The Morgan fingerprint density at radius 3 is 2.77 bits per heavy atom. The monoisotopic (exact) mass is 328 g/mol. The highest BCUT2D eigenvalue weighted by molar-refractivity contribution is 7.99. The predicted molar refractivity (Wildman–Crippen MR) is 82.2 cm³/mol. The SMILES string of the molecule is O=C(Nc1cc(F)cc(F)c1)NC1CCOC2(CCSC2)C1. The first-order chi connectivity index (χ1) is 10.5. The first-order valence-electron chi connectivity index (χ1n) is 7.30. The number of hydrogen-bond donors (Lipinski definition) is 2. The van der Waals surface area contributed by atoms with Gasteiger partial charge in [-0.25, -0.2) is 13.6 Å². The number of thioether (sulfide) groups is 1. The molecule has 22 heavy (non-hydrogen) atoms. The lowest BCUT2D eigenvalue weighted by Gasteiger charge is -2.37. The van der Waals surface area contributed by atoms with Crippen molar-refractivity contribution in [3.05, 3.63) is 29.8 Å². The number of benzene rings is 1. The van der Waals surface area contributed by atoms with E-state index in [2.05, 4.69) is 10.6 Å². The molecular formula is C15H18F2N2O2S. The molecule has 2 aliphatic heterocycles. The van der Waals surface area contributed by atoms with E-state index in [1.54, 1.807) is 0 Å². The van der Waals surface area contributed by atoms with E-state index >= 15 is 0 Å². The molecule has 120 valence electrons. The van der Waals surface area contributed by atoms with Crippen LogP contribution in [-0.2, 0) is 4.74 Å². The number of carbonyl (C=O) groups is 1. The van der Waals surface area contributed by atoms with E-state index in [-0.39, 0.29) is 17.3 Å². The zero-order chi connectivity index (χ0) is 15.6. The maximum Gasteiger partial charge on any atom is 0.319 e. The fourth-order valence-corrected chi connectivity index (χ4v) is 4.37. The summed E-state index contributed by atoms with van der Waals surface area (Å²) >= 11 is 1.87. The Kier molecular flexibility index (Phi) is 4.54. The molecule has 0 radical (unpaired) electrons. The third-order valence-corrected chi connectivity index (χ3v) is 5.24. The van der Waals surface area contributed by atoms with Gasteiger partial charge in [0.15, 0.2) is 0 Å². The van der Waals surface area contributed by atoms with Crippen molar-refractivity contribution in [3.8, 4) is 0 Å². The van der Waals surface area contributed by atoms with E-state index in [0.29, 0.717) is 6.61 Å². The second-order valence-corrected chi connectivity index (χ2v) is 6.89. The number of carbonyl (C=O) groups excluding carboxylic acids is 1. The van der Waals surface area contributed by atoms with Crippen molar-refractivity contribution >= 4 is 23.5 Å². The maximum absolute atomic E-state index is 13.1. The molecule has 2 heterocycles. The van der Waals surface area contributed by atoms with Crippen molar-refractivity contribution < 1.29 is 18.3 Å². The van der Waals surface area contributed by atoms with Crippen LogP contribution in [-0.4, -0.2) is 35.8 Å². The van der Waals surface area contributed by atoms with Crippen LogP contribution in [0.15, 0.2) is 18.2 Å². The number of urea groups is 1. The second kappa shape index (κ2) is 6.42. The van der Waals surface area contributed by atoms with Crippen molar-refractivity contribution in [1.29, 1.82) is 0 Å². The number of nitrogens with one attached hydrogen (secondary N) is 2. The summed E-state index contributed by atoms with van der Waals surface area (Å²) in [6.45, 7) is 0.625. The number of anilines is 1. The number of hydrogen-bond acceptors (Lipinski definition) is 3. The van der Waals surface area contributed by atoms with E-state index in [1.807, 2.05) is 11.8 Å². The van der Waals surface area contributed by atoms with Crippen molar-refractivity contribution in [2.45, 2.75) is 30.9 Å². The maximum atomic E-state index is 13.1. The Labute approximate surface area is 132 Å². The lowest BCUT2D eigenvalue weighted by Crippen LogP contribution is -2.49. The van der Waals surface area contributed by atoms with Gasteiger partial charge in [0, 0.05) is 30.2 Å². The van der Waals surface area contributed by atoms with Crippen LogP contribution in [0.25, 0.3) is 0 Å². The third kappa shape index (κ3) is 3.70. The van der Waals surface area contributed by atoms with Crippen molar-refractivity contribution in [1.82, 2.24) is 5.32 Å². The van der Waals surface area contributed by atoms with E-state index < -0.39 is 17.7 Å². The van der Waals surface area contributed by atoms with E-state index in [0.717, 1.165) is 49.0 Å². The van der Waals surface area contributed by atoms with Gasteiger partial charge in [0.1, 0.15) is 11.6 Å². The van der Waals surface area contributed by atoms with Crippen molar-refractivity contribution in [2.75, 3.05) is 23.4 Å². The lowest BCUT2D eigenvalue weighted by molar-refractivity contribution is -0.0682. The average molecular weight is 328 g/mol. The molecule has 2 aliphatic rings. The van der Waals surface area contributed by atoms with Crippen LogP contribution in [0, 0.1) is 11.6 Å². The molecule has 1 spiro atoms. The Balaban J connectivity index is 1.57. The number of rotatable bonds is 2. The molecule has 0 saturated carbocycles. The van der Waals surface area contributed by atoms with Gasteiger partial charge in [-0.3, -0.25) is 0 Å². The molecule has 2 saturated heterocycles. The second-order valence-electron chi connectivity index (χ2n) is 5.78. The molecule has 0 bridgehead atoms. The Morgan fingerprint density at radius 2 is 2.09 bits per heavy atom. The molecule has 2 N–H and O–H groups in total. The van der Waals surface area contributed by atoms with Gasteiger partial charge in [-0.05, 0) is 37.1 Å². The summed E-state index contributed by atoms with van der Waals surface area (Å²) in [5.74, 6) is 0.607. The summed E-state index contributed by atoms with van der Waals surface area (Å²) in [7, 11) is 0. The normalized spacial score (nSPS) is 27.8. The van der Waals surface area contributed by atoms with Gasteiger partial charge in [0.05, 0.1) is 5.60 Å². The summed E-state index contributed by atoms with van der Waals surface area (Å²) in [6, 6.07) is 2.51. The molecule has 4 nitrogen and oxygen atoms in total. The molecule has 0 aromatic heterocycles. The minimum absolute atomic E-state index is 0.0193. The van der Waals surface area contributed by atoms with E-state index in [9.17, 15) is 13.6 Å². The topological polar surface area (TPSA) is 50.4 Å². The van der Waals surface area contributed by atoms with Crippen molar-refractivity contribution in [2.24, 2.45) is 0 Å². The molecule has 7 heteroatoms. The summed E-state index contributed by atoms with van der Waals surface area (Å²) in [5.41, 5.74) is -0.0144. The molecule has 1 aromatic rings. The fourth-order valence-electron chi connectivity index (χ4n) is 2.99. The van der Waals surface area contributed by atoms with E-state index in [1.165, 1.54) is 0 Å². The van der Waals surface area contributed by atoms with Gasteiger partial charge < -0.3 is 15.4 Å². The minimum atomic E-state index is -0.719. The van der Waals surface area contributed by atoms with Crippen LogP contribution in [0.4, 0.5) is 19.3 Å². The minimum Gasteiger partial charge on any atom is -0.374 e. The fraction of sp³-hybridized carbons (Fsp3) is 0.533. The van der Waals surface area contributed by atoms with Crippen LogP contribution in [0.5, 0.6) is 0 Å². The van der Waals surface area contributed by atoms with Gasteiger partial charge in [-0.15, -0.1) is 0 Å². The number of amides is 2. The van der Waals surface area contributed by atoms with Crippen LogP contribution >= 0.6 is 11.8 Å². The highest BCUT2D eigenvalue weighted by atomic mass is 32.2. The van der Waals surface area contributed by atoms with Gasteiger partial charge in [0.25, 0.3) is 0 Å². The number of halogens is 2. The molecule has 3 rings (SSSR count). The zero-order valence-electron chi connectivity index (χ0n) is 12.0. The standard InChI is InChI=1S/C15H18F2N2O2S/c16-10-5-11(17)7-13(6-10)19-14(20)18-12-1-3-21-15(8-12)2-4-22-9-15/h5-7,12H,1-4,8-9H2,(H2,18,19,20). The predicted octanol–water partition coefficient (Wildman–Crippen LogP) is 3.14. The van der Waals surface area contributed by atoms with Gasteiger partial charge in [0.2, 0.25) is 0 Å². The zero-order valence-corrected chi connectivity index (χ0v) is 12.8. The molecular weight excluding hydrogens is 310 g/mol. The molecule has 0 aliphatic carbocycles. The molecule has 2 atom stereocenters. The Bertz CT molecular complexity index is 544. The molecule has 2 fully saturated rings. The van der Waals surface area contributed by atoms with Crippen LogP contribution in [0.3, 0.4) is 0 Å². The Hall–Kier alpha value is -1.34. The molecule has 1 aromatic carbocycles. The van der Waals surface area contributed by atoms with Crippen molar-refractivity contribution in [3.63, 3.8) is 0 Å². The average Bonchev–Trinajstić information content (AvgIpc) is 2.85. The quantitative estimate of drug-likeness (QED) is 0.877. The lowest BCUT2D eigenvalue weighted by atomic mass is 9.90. The first kappa shape index (κ1) is 15.6. The summed E-state index contributed by atoms with van der Waals surface area (Å²) in [6.07, 6.45) is 2.54. The molecule has 2 amide bonds. The highest BCUT2D eigenvalue weighted by Crippen LogP contribution is 2.38. The van der Waals surface area contributed by atoms with Gasteiger partial charge in [-0.2, -0.15) is 11.8 Å². The van der Waals surface area contributed by atoms with Crippen LogP contribution < -0.4 is 10.6 Å². The highest BCUT2D eigenvalue weighted by Gasteiger charge is 2.40. The smallest absolute Gasteiger partial charge is 0.319 e.